The molecule has 8 heteroatoms. The Labute approximate surface area is 87.9 Å². The SMILES string of the molecule is N=C(NO)c1cc(COC(N)=O)sc1F. The fourth-order valence-electron chi connectivity index (χ4n) is 0.861. The van der Waals surface area contributed by atoms with Crippen molar-refractivity contribution in [2.45, 2.75) is 6.61 Å². The minimum atomic E-state index is -0.958. The highest BCUT2D eigenvalue weighted by molar-refractivity contribution is 7.10. The van der Waals surface area contributed by atoms with Crippen molar-refractivity contribution in [3.05, 3.63) is 21.6 Å². The molecule has 0 unspecified atom stereocenters. The molecule has 0 aromatic carbocycles. The Bertz CT molecular complexity index is 393. The van der Waals surface area contributed by atoms with Gasteiger partial charge >= 0.3 is 6.09 Å². The highest BCUT2D eigenvalue weighted by Gasteiger charge is 2.13. The van der Waals surface area contributed by atoms with E-state index in [1.165, 1.54) is 11.5 Å². The molecule has 0 radical (unpaired) electrons. The van der Waals surface area contributed by atoms with E-state index in [9.17, 15) is 9.18 Å². The summed E-state index contributed by atoms with van der Waals surface area (Å²) in [6.07, 6.45) is -0.958. The number of amides is 1. The van der Waals surface area contributed by atoms with Crippen LogP contribution >= 0.6 is 11.3 Å². The predicted octanol–water partition coefficient (Wildman–Crippen LogP) is 0.787. The Morgan fingerprint density at radius 1 is 1.80 bits per heavy atom. The van der Waals surface area contributed by atoms with Crippen LogP contribution in [0.15, 0.2) is 6.07 Å². The van der Waals surface area contributed by atoms with Crippen molar-refractivity contribution in [2.75, 3.05) is 0 Å². The molecule has 0 saturated heterocycles. The van der Waals surface area contributed by atoms with Crippen LogP contribution < -0.4 is 11.2 Å². The van der Waals surface area contributed by atoms with Crippen LogP contribution in [0.3, 0.4) is 0 Å². The molecule has 1 aromatic heterocycles. The molecule has 0 fully saturated rings. The Hall–Kier alpha value is -1.67. The minimum Gasteiger partial charge on any atom is -0.444 e. The second kappa shape index (κ2) is 4.71. The van der Waals surface area contributed by atoms with Crippen LogP contribution in [0, 0.1) is 10.5 Å². The molecule has 0 aliphatic rings. The number of carbonyl (C=O) groups is 1. The van der Waals surface area contributed by atoms with Gasteiger partial charge < -0.3 is 10.5 Å². The van der Waals surface area contributed by atoms with Crippen molar-refractivity contribution < 1.29 is 19.1 Å². The number of carbonyl (C=O) groups excluding carboxylic acids is 1. The molecule has 0 spiro atoms. The molecule has 0 saturated carbocycles. The van der Waals surface area contributed by atoms with Crippen molar-refractivity contribution in [1.29, 1.82) is 5.41 Å². The fraction of sp³-hybridized carbons (Fsp3) is 0.143. The van der Waals surface area contributed by atoms with Crippen LogP contribution in [-0.4, -0.2) is 17.1 Å². The lowest BCUT2D eigenvalue weighted by atomic mass is 10.3. The van der Waals surface area contributed by atoms with E-state index in [1.807, 2.05) is 0 Å². The number of amidine groups is 1. The van der Waals surface area contributed by atoms with Gasteiger partial charge in [0.05, 0.1) is 5.56 Å². The summed E-state index contributed by atoms with van der Waals surface area (Å²) in [5.74, 6) is -0.464. The minimum absolute atomic E-state index is 0.0921. The third-order valence-corrected chi connectivity index (χ3v) is 2.37. The number of nitrogens with one attached hydrogen (secondary N) is 2. The highest BCUT2D eigenvalue weighted by Crippen LogP contribution is 2.21. The average molecular weight is 233 g/mol. The first kappa shape index (κ1) is 11.4. The van der Waals surface area contributed by atoms with E-state index in [0.29, 0.717) is 16.2 Å². The number of nitrogens with two attached hydrogens (primary N) is 1. The lowest BCUT2D eigenvalue weighted by molar-refractivity contribution is 0.151. The van der Waals surface area contributed by atoms with Gasteiger partial charge in [0, 0.05) is 4.88 Å². The van der Waals surface area contributed by atoms with E-state index < -0.39 is 17.1 Å². The summed E-state index contributed by atoms with van der Waals surface area (Å²) in [5, 5.41) is 14.9. The number of rotatable bonds is 3. The maximum atomic E-state index is 13.1. The molecule has 82 valence electrons. The molecular weight excluding hydrogens is 225 g/mol. The quantitative estimate of drug-likeness (QED) is 0.351. The van der Waals surface area contributed by atoms with Gasteiger partial charge in [-0.1, -0.05) is 0 Å². The van der Waals surface area contributed by atoms with Crippen LogP contribution in [0.4, 0.5) is 9.18 Å². The monoisotopic (exact) mass is 233 g/mol. The molecule has 1 rings (SSSR count). The Morgan fingerprint density at radius 2 is 2.47 bits per heavy atom. The summed E-state index contributed by atoms with van der Waals surface area (Å²) >= 11 is 0.709. The molecule has 5 N–H and O–H groups in total. The normalized spacial score (nSPS) is 9.73. The summed E-state index contributed by atoms with van der Waals surface area (Å²) in [6, 6.07) is 1.29. The second-order valence-corrected chi connectivity index (χ2v) is 3.58. The van der Waals surface area contributed by atoms with Gasteiger partial charge in [-0.15, -0.1) is 11.3 Å². The maximum absolute atomic E-state index is 13.1. The number of thiophene rings is 1. The summed E-state index contributed by atoms with van der Waals surface area (Å²) in [4.78, 5) is 10.7. The van der Waals surface area contributed by atoms with Crippen molar-refractivity contribution in [2.24, 2.45) is 5.73 Å². The molecule has 1 heterocycles. The van der Waals surface area contributed by atoms with E-state index >= 15 is 0 Å². The summed E-state index contributed by atoms with van der Waals surface area (Å²) in [5.41, 5.74) is 6.15. The molecule has 0 atom stereocenters. The number of hydrogen-bond acceptors (Lipinski definition) is 5. The predicted molar refractivity (Wildman–Crippen MR) is 50.4 cm³/mol. The number of primary amides is 1. The zero-order valence-electron chi connectivity index (χ0n) is 7.41. The summed E-state index contributed by atoms with van der Waals surface area (Å²) < 4.78 is 17.6. The van der Waals surface area contributed by atoms with Crippen LogP contribution in [0.2, 0.25) is 0 Å². The first-order valence-corrected chi connectivity index (χ1v) is 4.55. The van der Waals surface area contributed by atoms with E-state index in [2.05, 4.69) is 4.74 Å². The van der Waals surface area contributed by atoms with Gasteiger partial charge in [-0.3, -0.25) is 16.1 Å². The molecular formula is C7H8FN3O3S. The first-order chi connectivity index (χ1) is 7.04. The Kier molecular flexibility index (Phi) is 3.58. The lowest BCUT2D eigenvalue weighted by Crippen LogP contribution is -2.18. The maximum Gasteiger partial charge on any atom is 0.404 e. The smallest absolute Gasteiger partial charge is 0.404 e. The van der Waals surface area contributed by atoms with Crippen LogP contribution in [0.5, 0.6) is 0 Å². The highest BCUT2D eigenvalue weighted by atomic mass is 32.1. The number of halogens is 1. The van der Waals surface area contributed by atoms with E-state index in [4.69, 9.17) is 16.4 Å². The van der Waals surface area contributed by atoms with Gasteiger partial charge in [-0.2, -0.15) is 4.39 Å². The van der Waals surface area contributed by atoms with Crippen molar-refractivity contribution in [3.63, 3.8) is 0 Å². The Balaban J connectivity index is 2.76. The molecule has 1 aromatic rings. The van der Waals surface area contributed by atoms with Gasteiger partial charge in [-0.05, 0) is 6.07 Å². The van der Waals surface area contributed by atoms with Crippen molar-refractivity contribution in [3.8, 4) is 0 Å². The van der Waals surface area contributed by atoms with Crippen LogP contribution in [0.1, 0.15) is 10.4 Å². The molecule has 0 aliphatic heterocycles. The largest absolute Gasteiger partial charge is 0.444 e. The first-order valence-electron chi connectivity index (χ1n) is 3.74. The van der Waals surface area contributed by atoms with Gasteiger partial charge in [0.15, 0.2) is 11.0 Å². The second-order valence-electron chi connectivity index (χ2n) is 2.49. The zero-order chi connectivity index (χ0) is 11.4. The van der Waals surface area contributed by atoms with Gasteiger partial charge in [0.1, 0.15) is 6.61 Å². The van der Waals surface area contributed by atoms with Crippen LogP contribution in [-0.2, 0) is 11.3 Å². The van der Waals surface area contributed by atoms with Gasteiger partial charge in [0.25, 0.3) is 0 Å². The molecule has 0 bridgehead atoms. The molecule has 0 aliphatic carbocycles. The molecule has 15 heavy (non-hydrogen) atoms. The van der Waals surface area contributed by atoms with E-state index in [-0.39, 0.29) is 12.2 Å². The van der Waals surface area contributed by atoms with E-state index in [0.717, 1.165) is 0 Å². The standard InChI is InChI=1S/C7H8FN3O3S/c8-5-4(6(9)11-13)1-3(15-5)2-14-7(10)12/h1,13H,2H2,(H2,9,11)(H2,10,12). The molecule has 1 amide bonds. The van der Waals surface area contributed by atoms with Gasteiger partial charge in [-0.25, -0.2) is 4.79 Å². The number of hydrogen-bond donors (Lipinski definition) is 4. The van der Waals surface area contributed by atoms with Gasteiger partial charge in [0.2, 0.25) is 0 Å². The Morgan fingerprint density at radius 3 is 3.00 bits per heavy atom. The van der Waals surface area contributed by atoms with Crippen molar-refractivity contribution >= 4 is 23.3 Å². The third kappa shape index (κ3) is 2.89. The van der Waals surface area contributed by atoms with Crippen LogP contribution in [0.25, 0.3) is 0 Å². The fourth-order valence-corrected chi connectivity index (χ4v) is 1.66. The summed E-state index contributed by atoms with van der Waals surface area (Å²) in [7, 11) is 0. The zero-order valence-corrected chi connectivity index (χ0v) is 8.23. The lowest BCUT2D eigenvalue weighted by Gasteiger charge is -1.97. The average Bonchev–Trinajstić information content (AvgIpc) is 2.55. The topological polar surface area (TPSA) is 108 Å². The molecule has 6 nitrogen and oxygen atoms in total. The van der Waals surface area contributed by atoms with Crippen molar-refractivity contribution in [1.82, 2.24) is 5.48 Å². The number of ether oxygens (including phenoxy) is 1. The number of hydroxylamine groups is 1. The van der Waals surface area contributed by atoms with E-state index in [1.54, 1.807) is 0 Å². The third-order valence-electron chi connectivity index (χ3n) is 1.48. The summed E-state index contributed by atoms with van der Waals surface area (Å²) in [6.45, 7) is -0.157.